The van der Waals surface area contributed by atoms with Crippen molar-refractivity contribution in [2.24, 2.45) is 0 Å². The van der Waals surface area contributed by atoms with E-state index in [4.69, 9.17) is 14.2 Å². The lowest BCUT2D eigenvalue weighted by Gasteiger charge is -2.19. The van der Waals surface area contributed by atoms with Gasteiger partial charge in [0, 0.05) is 51.5 Å². The van der Waals surface area contributed by atoms with Gasteiger partial charge in [-0.2, -0.15) is 0 Å². The number of anilines is 1. The summed E-state index contributed by atoms with van der Waals surface area (Å²) in [6, 6.07) is 4.53. The number of aliphatic hydroxyl groups is 1. The van der Waals surface area contributed by atoms with Crippen molar-refractivity contribution >= 4 is 23.4 Å². The van der Waals surface area contributed by atoms with Gasteiger partial charge in [0.25, 0.3) is 5.69 Å². The molecule has 2 amide bonds. The highest BCUT2D eigenvalue weighted by atomic mass is 16.6. The molecule has 0 fully saturated rings. The van der Waals surface area contributed by atoms with E-state index in [1.165, 1.54) is 6.07 Å². The molecule has 186 valence electrons. The van der Waals surface area contributed by atoms with Crippen LogP contribution in [0.5, 0.6) is 0 Å². The molecule has 3 N–H and O–H groups in total. The minimum Gasteiger partial charge on any atom is -0.447 e. The molecule has 0 aliphatic heterocycles. The van der Waals surface area contributed by atoms with Crippen LogP contribution >= 0.6 is 0 Å². The number of amides is 2. The average Bonchev–Trinajstić information content (AvgIpc) is 2.80. The third-order valence-electron chi connectivity index (χ3n) is 4.52. The van der Waals surface area contributed by atoms with Crippen molar-refractivity contribution in [3.63, 3.8) is 0 Å². The van der Waals surface area contributed by atoms with E-state index in [2.05, 4.69) is 10.6 Å². The predicted octanol–water partition coefficient (Wildman–Crippen LogP) is 1.20. The summed E-state index contributed by atoms with van der Waals surface area (Å²) in [6.07, 6.45) is 0.268. The Morgan fingerprint density at radius 1 is 1.12 bits per heavy atom. The van der Waals surface area contributed by atoms with Gasteiger partial charge in [-0.3, -0.25) is 14.9 Å². The van der Waals surface area contributed by atoms with Crippen molar-refractivity contribution in [3.8, 4) is 0 Å². The normalized spacial score (nSPS) is 10.5. The minimum absolute atomic E-state index is 0.127. The molecule has 0 aliphatic rings. The Bertz CT molecular complexity index is 747. The van der Waals surface area contributed by atoms with Gasteiger partial charge in [0.15, 0.2) is 0 Å². The van der Waals surface area contributed by atoms with Crippen molar-refractivity contribution in [2.75, 3.05) is 64.6 Å². The quantitative estimate of drug-likeness (QED) is 0.173. The minimum atomic E-state index is -0.579. The fourth-order valence-electron chi connectivity index (χ4n) is 2.78. The number of ether oxygens (including phenoxy) is 3. The number of nitro groups is 1. The maximum atomic E-state index is 11.9. The summed E-state index contributed by atoms with van der Waals surface area (Å²) in [5, 5.41) is 25.5. The number of rotatable bonds is 17. The summed E-state index contributed by atoms with van der Waals surface area (Å²) < 4.78 is 15.3. The van der Waals surface area contributed by atoms with Crippen LogP contribution in [0.1, 0.15) is 25.3 Å². The van der Waals surface area contributed by atoms with E-state index in [1.54, 1.807) is 19.2 Å². The van der Waals surface area contributed by atoms with Gasteiger partial charge in [-0.25, -0.2) is 4.79 Å². The third kappa shape index (κ3) is 12.0. The molecule has 0 atom stereocenters. The summed E-state index contributed by atoms with van der Waals surface area (Å²) in [7, 11) is 1.81. The predicted molar refractivity (Wildman–Crippen MR) is 121 cm³/mol. The fourth-order valence-corrected chi connectivity index (χ4v) is 2.78. The molecule has 33 heavy (non-hydrogen) atoms. The molecule has 0 heterocycles. The molecule has 12 nitrogen and oxygen atoms in total. The highest BCUT2D eigenvalue weighted by molar-refractivity contribution is 5.76. The second kappa shape index (κ2) is 16.6. The van der Waals surface area contributed by atoms with Crippen molar-refractivity contribution in [2.45, 2.75) is 26.4 Å². The van der Waals surface area contributed by atoms with Crippen LogP contribution in [0.4, 0.5) is 16.2 Å². The first-order valence-electron chi connectivity index (χ1n) is 10.8. The van der Waals surface area contributed by atoms with Gasteiger partial charge in [0.2, 0.25) is 5.91 Å². The maximum Gasteiger partial charge on any atom is 0.407 e. The lowest BCUT2D eigenvalue weighted by Crippen LogP contribution is -2.35. The molecule has 1 rings (SSSR count). The van der Waals surface area contributed by atoms with E-state index in [0.29, 0.717) is 38.5 Å². The van der Waals surface area contributed by atoms with E-state index in [0.717, 1.165) is 0 Å². The second-order valence-corrected chi connectivity index (χ2v) is 6.98. The van der Waals surface area contributed by atoms with E-state index >= 15 is 0 Å². The van der Waals surface area contributed by atoms with E-state index in [-0.39, 0.29) is 49.9 Å². The second-order valence-electron chi connectivity index (χ2n) is 6.98. The average molecular weight is 471 g/mol. The maximum absolute atomic E-state index is 11.9. The zero-order valence-electron chi connectivity index (χ0n) is 19.2. The standard InChI is InChI=1S/C21H34N4O8/c1-3-31-11-12-32-13-14-33-21(28)23-9-8-22-20(27)5-4-10-24(2)18-6-7-19(25(29)30)17(15-18)16-26/h6-7,15,26H,3-5,8-14,16H2,1-2H3,(H,22,27)(H,23,28). The number of aliphatic hydroxyl groups excluding tert-OH is 1. The summed E-state index contributed by atoms with van der Waals surface area (Å²) in [5.74, 6) is -0.152. The van der Waals surface area contributed by atoms with Gasteiger partial charge in [0.05, 0.1) is 36.9 Å². The number of hydrogen-bond donors (Lipinski definition) is 3. The van der Waals surface area contributed by atoms with Gasteiger partial charge in [-0.15, -0.1) is 0 Å². The number of nitrogens with zero attached hydrogens (tertiary/aromatic N) is 2. The van der Waals surface area contributed by atoms with Crippen LogP contribution < -0.4 is 15.5 Å². The zero-order valence-corrected chi connectivity index (χ0v) is 19.2. The molecular weight excluding hydrogens is 436 g/mol. The van der Waals surface area contributed by atoms with Crippen LogP contribution in [-0.4, -0.2) is 81.7 Å². The first kappa shape index (κ1) is 28.1. The van der Waals surface area contributed by atoms with Gasteiger partial charge >= 0.3 is 6.09 Å². The van der Waals surface area contributed by atoms with Crippen LogP contribution in [0.15, 0.2) is 18.2 Å². The first-order chi connectivity index (χ1) is 15.9. The molecule has 0 radical (unpaired) electrons. The van der Waals surface area contributed by atoms with Crippen molar-refractivity contribution in [1.82, 2.24) is 10.6 Å². The van der Waals surface area contributed by atoms with Crippen molar-refractivity contribution in [1.29, 1.82) is 0 Å². The van der Waals surface area contributed by atoms with E-state index in [9.17, 15) is 24.8 Å². The number of carbonyl (C=O) groups is 2. The Labute approximate surface area is 193 Å². The van der Waals surface area contributed by atoms with E-state index in [1.807, 2.05) is 11.8 Å². The largest absolute Gasteiger partial charge is 0.447 e. The molecule has 0 saturated heterocycles. The topological polar surface area (TPSA) is 152 Å². The lowest BCUT2D eigenvalue weighted by atomic mass is 10.1. The molecule has 0 aromatic heterocycles. The Balaban J connectivity index is 2.14. The van der Waals surface area contributed by atoms with Gasteiger partial charge in [0.1, 0.15) is 6.61 Å². The third-order valence-corrected chi connectivity index (χ3v) is 4.52. The summed E-state index contributed by atoms with van der Waals surface area (Å²) in [5.41, 5.74) is 0.826. The summed E-state index contributed by atoms with van der Waals surface area (Å²) >= 11 is 0. The van der Waals surface area contributed by atoms with Crippen molar-refractivity contribution < 1.29 is 33.8 Å². The monoisotopic (exact) mass is 470 g/mol. The number of hydrogen-bond acceptors (Lipinski definition) is 9. The number of alkyl carbamates (subject to hydrolysis) is 1. The van der Waals surface area contributed by atoms with Gasteiger partial charge in [-0.05, 0) is 25.5 Å². The van der Waals surface area contributed by atoms with Crippen LogP contribution in [0.25, 0.3) is 0 Å². The summed E-state index contributed by atoms with van der Waals surface area (Å²) in [4.78, 5) is 35.7. The molecule has 0 aliphatic carbocycles. The van der Waals surface area contributed by atoms with Crippen LogP contribution in [0.2, 0.25) is 0 Å². The molecule has 0 unspecified atom stereocenters. The number of nitrogens with one attached hydrogen (secondary N) is 2. The fraction of sp³-hybridized carbons (Fsp3) is 0.619. The SMILES string of the molecule is CCOCCOCCOC(=O)NCCNC(=O)CCCN(C)c1ccc([N+](=O)[O-])c(CO)c1. The lowest BCUT2D eigenvalue weighted by molar-refractivity contribution is -0.385. The molecule has 1 aromatic carbocycles. The van der Waals surface area contributed by atoms with Crippen molar-refractivity contribution in [3.05, 3.63) is 33.9 Å². The van der Waals surface area contributed by atoms with E-state index < -0.39 is 17.6 Å². The molecule has 0 bridgehead atoms. The Morgan fingerprint density at radius 2 is 1.82 bits per heavy atom. The Kier molecular flexibility index (Phi) is 14.2. The molecule has 0 spiro atoms. The first-order valence-corrected chi connectivity index (χ1v) is 10.8. The zero-order chi connectivity index (χ0) is 24.5. The van der Waals surface area contributed by atoms with Gasteiger partial charge in [-0.1, -0.05) is 0 Å². The number of benzene rings is 1. The smallest absolute Gasteiger partial charge is 0.407 e. The molecule has 1 aromatic rings. The Hall–Kier alpha value is -2.96. The van der Waals surface area contributed by atoms with Crippen LogP contribution in [-0.2, 0) is 25.6 Å². The van der Waals surface area contributed by atoms with Gasteiger partial charge < -0.3 is 34.9 Å². The molecular formula is C21H34N4O8. The molecule has 0 saturated carbocycles. The molecule has 12 heteroatoms. The number of carbonyl (C=O) groups excluding carboxylic acids is 2. The van der Waals surface area contributed by atoms with Crippen LogP contribution in [0.3, 0.4) is 0 Å². The Morgan fingerprint density at radius 3 is 2.52 bits per heavy atom. The highest BCUT2D eigenvalue weighted by Gasteiger charge is 2.14. The van der Waals surface area contributed by atoms with Crippen LogP contribution in [0, 0.1) is 10.1 Å². The highest BCUT2D eigenvalue weighted by Crippen LogP contribution is 2.24. The number of nitro benzene ring substituents is 1. The summed E-state index contributed by atoms with van der Waals surface area (Å²) in [6.45, 7) is 4.52.